The molecule has 1 aromatic heterocycles. The van der Waals surface area contributed by atoms with Crippen LogP contribution >= 0.6 is 11.6 Å². The van der Waals surface area contributed by atoms with E-state index in [2.05, 4.69) is 10.3 Å². The second-order valence-corrected chi connectivity index (χ2v) is 4.13. The van der Waals surface area contributed by atoms with Gasteiger partial charge in [0.2, 0.25) is 5.82 Å². The number of amides is 1. The van der Waals surface area contributed by atoms with Crippen molar-refractivity contribution in [1.82, 2.24) is 9.55 Å². The number of anilines is 1. The highest BCUT2D eigenvalue weighted by atomic mass is 35.5. The van der Waals surface area contributed by atoms with E-state index in [0.717, 1.165) is 10.8 Å². The Morgan fingerprint density at radius 2 is 2.05 bits per heavy atom. The van der Waals surface area contributed by atoms with Crippen molar-refractivity contribution < 1.29 is 9.72 Å². The molecule has 19 heavy (non-hydrogen) atoms. The van der Waals surface area contributed by atoms with Gasteiger partial charge in [-0.25, -0.2) is 9.78 Å². The summed E-state index contributed by atoms with van der Waals surface area (Å²) in [7, 11) is 0. The minimum Gasteiger partial charge on any atom is -0.358 e. The Labute approximate surface area is 113 Å². The highest BCUT2D eigenvalue weighted by Crippen LogP contribution is 2.17. The van der Waals surface area contributed by atoms with Crippen molar-refractivity contribution >= 4 is 29.1 Å². The number of nitrogens with zero attached hydrogens (tertiary/aromatic N) is 3. The van der Waals surface area contributed by atoms with E-state index in [4.69, 9.17) is 11.6 Å². The number of hydrogen-bond donors (Lipinski definition) is 1. The van der Waals surface area contributed by atoms with E-state index in [1.807, 2.05) is 0 Å². The van der Waals surface area contributed by atoms with Crippen molar-refractivity contribution in [1.29, 1.82) is 0 Å². The second-order valence-electron chi connectivity index (χ2n) is 3.69. The van der Waals surface area contributed by atoms with Gasteiger partial charge in [0.1, 0.15) is 6.20 Å². The van der Waals surface area contributed by atoms with Crippen LogP contribution in [-0.2, 0) is 0 Å². The number of nitrogens with one attached hydrogen (secondary N) is 1. The fourth-order valence-electron chi connectivity index (χ4n) is 1.52. The van der Waals surface area contributed by atoms with E-state index < -0.39 is 11.0 Å². The van der Waals surface area contributed by atoms with Gasteiger partial charge in [-0.15, -0.1) is 4.57 Å². The van der Waals surface area contributed by atoms with Gasteiger partial charge in [0.25, 0.3) is 0 Å². The minimum atomic E-state index is -0.665. The fourth-order valence-corrected chi connectivity index (χ4v) is 1.65. The first kappa shape index (κ1) is 13.0. The van der Waals surface area contributed by atoms with Crippen LogP contribution in [0.5, 0.6) is 0 Å². The molecule has 0 fully saturated rings. The number of halogens is 1. The quantitative estimate of drug-likeness (QED) is 0.676. The number of hydrogen-bond acceptors (Lipinski definition) is 4. The molecule has 0 aliphatic heterocycles. The molecule has 1 heterocycles. The van der Waals surface area contributed by atoms with E-state index in [-0.39, 0.29) is 11.6 Å². The van der Waals surface area contributed by atoms with Crippen LogP contribution in [0.3, 0.4) is 0 Å². The lowest BCUT2D eigenvalue weighted by Crippen LogP contribution is -2.22. The summed E-state index contributed by atoms with van der Waals surface area (Å²) in [5.74, 6) is -0.151. The van der Waals surface area contributed by atoms with Gasteiger partial charge in [-0.3, -0.25) is 5.32 Å². The zero-order chi connectivity index (χ0) is 14.0. The molecule has 1 N–H and O–H groups in total. The first-order chi connectivity index (χ1) is 8.99. The summed E-state index contributed by atoms with van der Waals surface area (Å²) in [6, 6.07) is 5.75. The number of aryl methyl sites for hydroxylation is 1. The van der Waals surface area contributed by atoms with Crippen LogP contribution in [0.15, 0.2) is 30.5 Å². The minimum absolute atomic E-state index is 0.234. The molecule has 0 unspecified atom stereocenters. The van der Waals surface area contributed by atoms with E-state index in [9.17, 15) is 14.9 Å². The largest absolute Gasteiger partial charge is 0.419 e. The molecule has 0 bridgehead atoms. The number of carbonyl (C=O) groups is 1. The topological polar surface area (TPSA) is 90.1 Å². The number of benzene rings is 1. The van der Waals surface area contributed by atoms with Crippen LogP contribution in [-0.4, -0.2) is 20.5 Å². The molecule has 0 aliphatic rings. The monoisotopic (exact) mass is 280 g/mol. The Morgan fingerprint density at radius 3 is 2.63 bits per heavy atom. The molecule has 0 aliphatic carbocycles. The number of nitro groups is 1. The lowest BCUT2D eigenvalue weighted by atomic mass is 10.3. The Kier molecular flexibility index (Phi) is 3.48. The van der Waals surface area contributed by atoms with Crippen LogP contribution in [0, 0.1) is 17.0 Å². The van der Waals surface area contributed by atoms with Crippen molar-refractivity contribution in [3.8, 4) is 0 Å². The van der Waals surface area contributed by atoms with Gasteiger partial charge in [0, 0.05) is 17.6 Å². The molecule has 0 radical (unpaired) electrons. The Morgan fingerprint density at radius 1 is 1.42 bits per heavy atom. The first-order valence-electron chi connectivity index (χ1n) is 5.24. The van der Waals surface area contributed by atoms with Crippen LogP contribution in [0.25, 0.3) is 0 Å². The lowest BCUT2D eigenvalue weighted by molar-refractivity contribution is -0.390. The third-order valence-corrected chi connectivity index (χ3v) is 2.66. The average molecular weight is 281 g/mol. The van der Waals surface area contributed by atoms with Gasteiger partial charge in [0.15, 0.2) is 0 Å². The summed E-state index contributed by atoms with van der Waals surface area (Å²) in [5, 5.41) is 13.8. The van der Waals surface area contributed by atoms with Crippen LogP contribution in [0.4, 0.5) is 16.3 Å². The van der Waals surface area contributed by atoms with Crippen molar-refractivity contribution in [3.05, 3.63) is 51.4 Å². The summed E-state index contributed by atoms with van der Waals surface area (Å²) in [6.45, 7) is 1.51. The summed E-state index contributed by atoms with van der Waals surface area (Å²) in [5.41, 5.74) is 0.483. The number of carbonyl (C=O) groups excluding carboxylic acids is 1. The smallest absolute Gasteiger partial charge is 0.358 e. The number of aromatic nitrogens is 2. The zero-order valence-electron chi connectivity index (χ0n) is 9.83. The summed E-state index contributed by atoms with van der Waals surface area (Å²) in [6.07, 6.45) is 1.04. The summed E-state index contributed by atoms with van der Waals surface area (Å²) in [4.78, 5) is 25.9. The lowest BCUT2D eigenvalue weighted by Gasteiger charge is -2.04. The summed E-state index contributed by atoms with van der Waals surface area (Å²) >= 11 is 5.72. The molecule has 7 nitrogen and oxygen atoms in total. The van der Waals surface area contributed by atoms with Crippen LogP contribution in [0.1, 0.15) is 5.82 Å². The van der Waals surface area contributed by atoms with E-state index >= 15 is 0 Å². The predicted octanol–water partition coefficient (Wildman–Crippen LogP) is 2.83. The maximum atomic E-state index is 12.0. The highest BCUT2D eigenvalue weighted by molar-refractivity contribution is 6.30. The molecule has 2 rings (SSSR count). The van der Waals surface area contributed by atoms with E-state index in [0.29, 0.717) is 10.7 Å². The van der Waals surface area contributed by atoms with Crippen molar-refractivity contribution in [2.24, 2.45) is 0 Å². The maximum Gasteiger partial charge on any atom is 0.419 e. The van der Waals surface area contributed by atoms with Gasteiger partial charge in [0.05, 0.1) is 0 Å². The molecule has 8 heteroatoms. The average Bonchev–Trinajstić information content (AvgIpc) is 2.74. The molecule has 1 aromatic carbocycles. The van der Waals surface area contributed by atoms with E-state index in [1.165, 1.54) is 6.92 Å². The number of imidazole rings is 1. The van der Waals surface area contributed by atoms with Gasteiger partial charge in [-0.2, -0.15) is 0 Å². The van der Waals surface area contributed by atoms with E-state index in [1.54, 1.807) is 24.3 Å². The van der Waals surface area contributed by atoms with Crippen molar-refractivity contribution in [3.63, 3.8) is 0 Å². The van der Waals surface area contributed by atoms with Crippen LogP contribution < -0.4 is 5.32 Å². The highest BCUT2D eigenvalue weighted by Gasteiger charge is 2.24. The van der Waals surface area contributed by atoms with Gasteiger partial charge >= 0.3 is 11.8 Å². The predicted molar refractivity (Wildman–Crippen MR) is 69.5 cm³/mol. The molecular weight excluding hydrogens is 272 g/mol. The Balaban J connectivity index is 2.27. The third-order valence-electron chi connectivity index (χ3n) is 2.41. The first-order valence-corrected chi connectivity index (χ1v) is 5.62. The maximum absolute atomic E-state index is 12.0. The molecule has 0 saturated heterocycles. The standard InChI is InChI=1S/C11H9ClN4O3/c1-7-13-6-10(16(18)19)15(7)11(17)14-9-4-2-8(12)3-5-9/h2-6H,1H3,(H,14,17). The Bertz CT molecular complexity index is 636. The Hall–Kier alpha value is -2.41. The van der Waals surface area contributed by atoms with Gasteiger partial charge < -0.3 is 10.1 Å². The molecule has 0 saturated carbocycles. The molecule has 0 spiro atoms. The molecule has 1 amide bonds. The SMILES string of the molecule is Cc1ncc([N+](=O)[O-])n1C(=O)Nc1ccc(Cl)cc1. The van der Waals surface area contributed by atoms with Gasteiger partial charge in [-0.05, 0) is 29.2 Å². The normalized spacial score (nSPS) is 10.2. The number of rotatable bonds is 2. The molecule has 0 atom stereocenters. The molecule has 98 valence electrons. The molecular formula is C11H9ClN4O3. The zero-order valence-corrected chi connectivity index (χ0v) is 10.6. The second kappa shape index (κ2) is 5.07. The summed E-state index contributed by atoms with van der Waals surface area (Å²) < 4.78 is 0.897. The van der Waals surface area contributed by atoms with Gasteiger partial charge in [-0.1, -0.05) is 11.6 Å². The third kappa shape index (κ3) is 2.71. The molecule has 2 aromatic rings. The van der Waals surface area contributed by atoms with Crippen molar-refractivity contribution in [2.75, 3.05) is 5.32 Å². The van der Waals surface area contributed by atoms with Crippen LogP contribution in [0.2, 0.25) is 5.02 Å². The van der Waals surface area contributed by atoms with Crippen molar-refractivity contribution in [2.45, 2.75) is 6.92 Å². The fraction of sp³-hybridized carbons (Fsp3) is 0.0909.